The zero-order chi connectivity index (χ0) is 13.7. The molecule has 4 heteroatoms. The van der Waals surface area contributed by atoms with E-state index in [1.165, 1.54) is 9.75 Å². The molecule has 0 fully saturated rings. The first-order chi connectivity index (χ1) is 8.45. The molecule has 0 bridgehead atoms. The fraction of sp³-hybridized carbons (Fsp3) is 0.714. The van der Waals surface area contributed by atoms with Gasteiger partial charge in [0.1, 0.15) is 0 Å². The van der Waals surface area contributed by atoms with Gasteiger partial charge >= 0.3 is 0 Å². The first-order valence-electron chi connectivity index (χ1n) is 6.62. The molecule has 2 N–H and O–H groups in total. The van der Waals surface area contributed by atoms with Crippen LogP contribution in [0.5, 0.6) is 0 Å². The summed E-state index contributed by atoms with van der Waals surface area (Å²) in [6, 6.07) is 4.96. The Labute approximate surface area is 116 Å². The highest BCUT2D eigenvalue weighted by molar-refractivity contribution is 7.12. The van der Waals surface area contributed by atoms with Crippen molar-refractivity contribution in [1.29, 1.82) is 0 Å². The summed E-state index contributed by atoms with van der Waals surface area (Å²) < 4.78 is 0. The molecule has 1 heterocycles. The highest BCUT2D eigenvalue weighted by Gasteiger charge is 2.24. The average Bonchev–Trinajstić information content (AvgIpc) is 2.73. The van der Waals surface area contributed by atoms with Crippen molar-refractivity contribution < 1.29 is 0 Å². The van der Waals surface area contributed by atoms with E-state index in [1.807, 2.05) is 11.3 Å². The summed E-state index contributed by atoms with van der Waals surface area (Å²) in [5, 5.41) is 0. The molecular weight excluding hydrogens is 242 g/mol. The lowest BCUT2D eigenvalue weighted by atomic mass is 10.0. The third kappa shape index (κ3) is 4.35. The van der Waals surface area contributed by atoms with Gasteiger partial charge in [-0.15, -0.1) is 11.3 Å². The van der Waals surface area contributed by atoms with Crippen LogP contribution in [0.4, 0.5) is 0 Å². The molecule has 3 nitrogen and oxygen atoms in total. The van der Waals surface area contributed by atoms with Gasteiger partial charge in [-0.3, -0.25) is 4.90 Å². The Bertz CT molecular complexity index is 349. The number of likely N-dealkylation sites (N-methyl/N-ethyl adjacent to an activating group) is 2. The SMILES string of the molecule is CCC(N)C(c1ccc(C)s1)N(C)CCN(C)C. The van der Waals surface area contributed by atoms with E-state index < -0.39 is 0 Å². The number of hydrogen-bond donors (Lipinski definition) is 1. The summed E-state index contributed by atoms with van der Waals surface area (Å²) in [5.41, 5.74) is 6.32. The first-order valence-corrected chi connectivity index (χ1v) is 7.44. The van der Waals surface area contributed by atoms with E-state index in [9.17, 15) is 0 Å². The highest BCUT2D eigenvalue weighted by Crippen LogP contribution is 2.29. The van der Waals surface area contributed by atoms with E-state index in [4.69, 9.17) is 5.73 Å². The largest absolute Gasteiger partial charge is 0.326 e. The predicted molar refractivity (Wildman–Crippen MR) is 81.2 cm³/mol. The van der Waals surface area contributed by atoms with Crippen LogP contribution in [-0.4, -0.2) is 50.1 Å². The molecule has 104 valence electrons. The molecule has 0 aliphatic carbocycles. The molecule has 0 saturated carbocycles. The summed E-state index contributed by atoms with van der Waals surface area (Å²) in [6.45, 7) is 6.43. The van der Waals surface area contributed by atoms with Gasteiger partial charge in [-0.1, -0.05) is 6.92 Å². The van der Waals surface area contributed by atoms with Crippen LogP contribution >= 0.6 is 11.3 Å². The summed E-state index contributed by atoms with van der Waals surface area (Å²) in [7, 11) is 6.40. The molecule has 0 radical (unpaired) electrons. The lowest BCUT2D eigenvalue weighted by Crippen LogP contribution is -2.41. The van der Waals surface area contributed by atoms with E-state index in [2.05, 4.69) is 56.9 Å². The second kappa shape index (κ2) is 7.24. The molecule has 0 amide bonds. The standard InChI is InChI=1S/C14H27N3S/c1-6-12(15)14(13-8-7-11(2)18-13)17(5)10-9-16(3)4/h7-8,12,14H,6,9-10,15H2,1-5H3. The Hall–Kier alpha value is -0.420. The third-order valence-electron chi connectivity index (χ3n) is 3.30. The van der Waals surface area contributed by atoms with Crippen molar-refractivity contribution in [3.63, 3.8) is 0 Å². The number of nitrogens with zero attached hydrogens (tertiary/aromatic N) is 2. The van der Waals surface area contributed by atoms with Gasteiger partial charge in [0.25, 0.3) is 0 Å². The minimum Gasteiger partial charge on any atom is -0.326 e. The molecular formula is C14H27N3S. The highest BCUT2D eigenvalue weighted by atomic mass is 32.1. The number of rotatable bonds is 7. The number of hydrogen-bond acceptors (Lipinski definition) is 4. The third-order valence-corrected chi connectivity index (χ3v) is 4.38. The Morgan fingerprint density at radius 2 is 1.89 bits per heavy atom. The number of nitrogens with two attached hydrogens (primary N) is 1. The monoisotopic (exact) mass is 269 g/mol. The lowest BCUT2D eigenvalue weighted by molar-refractivity contribution is 0.194. The maximum Gasteiger partial charge on any atom is 0.0591 e. The molecule has 2 unspecified atom stereocenters. The normalized spacial score (nSPS) is 15.3. The molecule has 0 saturated heterocycles. The maximum atomic E-state index is 6.32. The fourth-order valence-corrected chi connectivity index (χ4v) is 3.21. The summed E-state index contributed by atoms with van der Waals surface area (Å²) in [6.07, 6.45) is 1.01. The topological polar surface area (TPSA) is 32.5 Å². The van der Waals surface area contributed by atoms with Crippen molar-refractivity contribution in [1.82, 2.24) is 9.80 Å². The van der Waals surface area contributed by atoms with E-state index in [1.54, 1.807) is 0 Å². The Balaban J connectivity index is 2.78. The average molecular weight is 269 g/mol. The molecule has 1 aromatic rings. The fourth-order valence-electron chi connectivity index (χ4n) is 2.09. The minimum atomic E-state index is 0.204. The van der Waals surface area contributed by atoms with Crippen LogP contribution in [-0.2, 0) is 0 Å². The molecule has 0 spiro atoms. The van der Waals surface area contributed by atoms with Gasteiger partial charge in [0.05, 0.1) is 6.04 Å². The predicted octanol–water partition coefficient (Wildman–Crippen LogP) is 2.33. The second-order valence-electron chi connectivity index (χ2n) is 5.25. The van der Waals surface area contributed by atoms with Crippen LogP contribution in [0.25, 0.3) is 0 Å². The maximum absolute atomic E-state index is 6.32. The molecule has 1 rings (SSSR count). The Morgan fingerprint density at radius 3 is 2.33 bits per heavy atom. The van der Waals surface area contributed by atoms with Gasteiger partial charge in [0, 0.05) is 28.9 Å². The van der Waals surface area contributed by atoms with Crippen molar-refractivity contribution in [3.8, 4) is 0 Å². The quantitative estimate of drug-likeness (QED) is 0.824. The van der Waals surface area contributed by atoms with E-state index >= 15 is 0 Å². The molecule has 18 heavy (non-hydrogen) atoms. The lowest BCUT2D eigenvalue weighted by Gasteiger charge is -2.32. The van der Waals surface area contributed by atoms with Crippen molar-refractivity contribution in [2.75, 3.05) is 34.2 Å². The Kier molecular flexibility index (Phi) is 6.29. The van der Waals surface area contributed by atoms with Gasteiger partial charge in [-0.25, -0.2) is 0 Å². The van der Waals surface area contributed by atoms with Gasteiger partial charge in [-0.05, 0) is 46.6 Å². The summed E-state index contributed by atoms with van der Waals surface area (Å²) in [4.78, 5) is 7.35. The van der Waals surface area contributed by atoms with Gasteiger partial charge in [0.15, 0.2) is 0 Å². The smallest absolute Gasteiger partial charge is 0.0591 e. The first kappa shape index (κ1) is 15.6. The summed E-state index contributed by atoms with van der Waals surface area (Å²) >= 11 is 1.87. The van der Waals surface area contributed by atoms with Crippen LogP contribution in [0.15, 0.2) is 12.1 Å². The molecule has 2 atom stereocenters. The zero-order valence-corrected chi connectivity index (χ0v) is 13.1. The van der Waals surface area contributed by atoms with Crippen LogP contribution in [0.1, 0.15) is 29.1 Å². The van der Waals surface area contributed by atoms with Crippen LogP contribution in [0, 0.1) is 6.92 Å². The molecule has 0 aliphatic heterocycles. The van der Waals surface area contributed by atoms with Crippen molar-refractivity contribution in [2.45, 2.75) is 32.4 Å². The van der Waals surface area contributed by atoms with Gasteiger partial charge in [0.2, 0.25) is 0 Å². The molecule has 0 aliphatic rings. The van der Waals surface area contributed by atoms with Crippen molar-refractivity contribution >= 4 is 11.3 Å². The molecule has 0 aromatic carbocycles. The van der Waals surface area contributed by atoms with Crippen LogP contribution < -0.4 is 5.73 Å². The number of thiophene rings is 1. The van der Waals surface area contributed by atoms with Gasteiger partial charge < -0.3 is 10.6 Å². The second-order valence-corrected chi connectivity index (χ2v) is 6.57. The van der Waals surface area contributed by atoms with E-state index in [0.29, 0.717) is 6.04 Å². The van der Waals surface area contributed by atoms with Crippen LogP contribution in [0.2, 0.25) is 0 Å². The minimum absolute atomic E-state index is 0.204. The van der Waals surface area contributed by atoms with E-state index in [0.717, 1.165) is 19.5 Å². The Morgan fingerprint density at radius 1 is 1.22 bits per heavy atom. The number of aryl methyl sites for hydroxylation is 1. The van der Waals surface area contributed by atoms with Crippen molar-refractivity contribution in [3.05, 3.63) is 21.9 Å². The van der Waals surface area contributed by atoms with E-state index in [-0.39, 0.29) is 6.04 Å². The molecule has 1 aromatic heterocycles. The van der Waals surface area contributed by atoms with Gasteiger partial charge in [-0.2, -0.15) is 0 Å². The zero-order valence-electron chi connectivity index (χ0n) is 12.3. The summed E-state index contributed by atoms with van der Waals surface area (Å²) in [5.74, 6) is 0. The van der Waals surface area contributed by atoms with Crippen molar-refractivity contribution in [2.24, 2.45) is 5.73 Å². The van der Waals surface area contributed by atoms with Crippen LogP contribution in [0.3, 0.4) is 0 Å².